The van der Waals surface area contributed by atoms with Gasteiger partial charge < -0.3 is 15.9 Å². The van der Waals surface area contributed by atoms with Crippen molar-refractivity contribution in [3.05, 3.63) is 27.9 Å². The molecule has 1 aromatic carbocycles. The molecule has 0 aliphatic heterocycles. The molecule has 0 saturated heterocycles. The summed E-state index contributed by atoms with van der Waals surface area (Å²) < 4.78 is 6.21. The van der Waals surface area contributed by atoms with Crippen LogP contribution in [0, 0.1) is 6.92 Å². The van der Waals surface area contributed by atoms with Crippen LogP contribution in [0.15, 0.2) is 21.0 Å². The van der Waals surface area contributed by atoms with Crippen molar-refractivity contribution in [3.8, 4) is 0 Å². The van der Waals surface area contributed by atoms with E-state index in [0.717, 1.165) is 10.0 Å². The Morgan fingerprint density at radius 1 is 1.47 bits per heavy atom. The van der Waals surface area contributed by atoms with E-state index in [1.54, 1.807) is 6.07 Å². The maximum Gasteiger partial charge on any atom is 0.286 e. The van der Waals surface area contributed by atoms with Gasteiger partial charge in [0.2, 0.25) is 5.76 Å². The highest BCUT2D eigenvalue weighted by Gasteiger charge is 2.17. The van der Waals surface area contributed by atoms with Crippen molar-refractivity contribution in [2.24, 2.45) is 5.73 Å². The van der Waals surface area contributed by atoms with Gasteiger partial charge in [0.1, 0.15) is 5.58 Å². The van der Waals surface area contributed by atoms with Gasteiger partial charge in [-0.1, -0.05) is 15.9 Å². The second kappa shape index (κ2) is 3.27. The fourth-order valence-corrected chi connectivity index (χ4v) is 2.10. The predicted molar refractivity (Wildman–Crippen MR) is 61.6 cm³/mol. The first-order valence-corrected chi connectivity index (χ1v) is 5.08. The van der Waals surface area contributed by atoms with Crippen molar-refractivity contribution in [2.45, 2.75) is 6.92 Å². The van der Waals surface area contributed by atoms with Crippen LogP contribution in [0.2, 0.25) is 0 Å². The Kier molecular flexibility index (Phi) is 2.19. The number of carbonyl (C=O) groups is 1. The van der Waals surface area contributed by atoms with E-state index in [4.69, 9.17) is 15.9 Å². The van der Waals surface area contributed by atoms with Gasteiger partial charge in [-0.05, 0) is 24.6 Å². The van der Waals surface area contributed by atoms with Gasteiger partial charge in [-0.15, -0.1) is 0 Å². The predicted octanol–water partition coefficient (Wildman–Crippen LogP) is 2.18. The molecule has 1 heterocycles. The summed E-state index contributed by atoms with van der Waals surface area (Å²) in [6, 6.07) is 3.68. The lowest BCUT2D eigenvalue weighted by atomic mass is 10.1. The van der Waals surface area contributed by atoms with Crippen LogP contribution in [0.4, 0.5) is 5.69 Å². The van der Waals surface area contributed by atoms with Gasteiger partial charge in [0.05, 0.1) is 5.69 Å². The SMILES string of the molecule is Cc1cc(Br)cc2c(N)c(C(N)=O)oc12. The number of aryl methyl sites for hydroxylation is 1. The molecule has 0 bridgehead atoms. The topological polar surface area (TPSA) is 82.2 Å². The molecule has 4 nitrogen and oxygen atoms in total. The summed E-state index contributed by atoms with van der Waals surface area (Å²) in [6.45, 7) is 1.88. The Balaban J connectivity index is 2.88. The molecule has 78 valence electrons. The van der Waals surface area contributed by atoms with Gasteiger partial charge in [0, 0.05) is 9.86 Å². The number of hydrogen-bond donors (Lipinski definition) is 2. The van der Waals surface area contributed by atoms with Crippen LogP contribution in [0.3, 0.4) is 0 Å². The minimum absolute atomic E-state index is 0.0196. The average Bonchev–Trinajstić information content (AvgIpc) is 2.44. The lowest BCUT2D eigenvalue weighted by molar-refractivity contribution is 0.0977. The number of primary amides is 1. The molecule has 1 amide bonds. The van der Waals surface area contributed by atoms with E-state index in [-0.39, 0.29) is 5.76 Å². The third-order valence-electron chi connectivity index (χ3n) is 2.20. The van der Waals surface area contributed by atoms with Crippen LogP contribution >= 0.6 is 15.9 Å². The second-order valence-corrected chi connectivity index (χ2v) is 4.22. The molecule has 0 aliphatic rings. The quantitative estimate of drug-likeness (QED) is 0.832. The normalized spacial score (nSPS) is 10.8. The van der Waals surface area contributed by atoms with Crippen molar-refractivity contribution in [2.75, 3.05) is 5.73 Å². The first-order valence-electron chi connectivity index (χ1n) is 4.28. The largest absolute Gasteiger partial charge is 0.448 e. The molecule has 0 atom stereocenters. The van der Waals surface area contributed by atoms with Crippen LogP contribution in [-0.4, -0.2) is 5.91 Å². The summed E-state index contributed by atoms with van der Waals surface area (Å²) in [4.78, 5) is 11.0. The average molecular weight is 269 g/mol. The molecule has 0 spiro atoms. The van der Waals surface area contributed by atoms with Gasteiger partial charge in [0.25, 0.3) is 5.91 Å². The minimum Gasteiger partial charge on any atom is -0.448 e. The van der Waals surface area contributed by atoms with Gasteiger partial charge in [-0.2, -0.15) is 0 Å². The number of nitrogen functional groups attached to an aromatic ring is 1. The van der Waals surface area contributed by atoms with Crippen molar-refractivity contribution in [3.63, 3.8) is 0 Å². The zero-order chi connectivity index (χ0) is 11.2. The van der Waals surface area contributed by atoms with E-state index in [0.29, 0.717) is 16.7 Å². The molecule has 0 unspecified atom stereocenters. The molecular formula is C10H9BrN2O2. The van der Waals surface area contributed by atoms with Crippen molar-refractivity contribution < 1.29 is 9.21 Å². The third kappa shape index (κ3) is 1.48. The highest BCUT2D eigenvalue weighted by Crippen LogP contribution is 2.32. The fourth-order valence-electron chi connectivity index (χ4n) is 1.53. The monoisotopic (exact) mass is 268 g/mol. The number of anilines is 1. The van der Waals surface area contributed by atoms with E-state index >= 15 is 0 Å². The highest BCUT2D eigenvalue weighted by atomic mass is 79.9. The highest BCUT2D eigenvalue weighted by molar-refractivity contribution is 9.10. The van der Waals surface area contributed by atoms with Crippen LogP contribution in [0.1, 0.15) is 16.1 Å². The van der Waals surface area contributed by atoms with Crippen LogP contribution in [0.5, 0.6) is 0 Å². The minimum atomic E-state index is -0.653. The zero-order valence-electron chi connectivity index (χ0n) is 8.00. The number of halogens is 1. The summed E-state index contributed by atoms with van der Waals surface area (Å²) in [5, 5.41) is 0.704. The number of amides is 1. The van der Waals surface area contributed by atoms with E-state index < -0.39 is 5.91 Å². The summed E-state index contributed by atoms with van der Waals surface area (Å²) in [5.74, 6) is -0.634. The van der Waals surface area contributed by atoms with E-state index in [2.05, 4.69) is 15.9 Å². The standard InChI is InChI=1S/C10H9BrN2O2/c1-4-2-5(11)3-6-7(12)9(10(13)14)15-8(4)6/h2-3H,12H2,1H3,(H2,13,14). The number of benzene rings is 1. The summed E-state index contributed by atoms with van der Waals surface area (Å²) in [5.41, 5.74) is 12.7. The summed E-state index contributed by atoms with van der Waals surface area (Å²) in [7, 11) is 0. The Bertz CT molecular complexity index is 560. The van der Waals surface area contributed by atoms with Crippen LogP contribution in [-0.2, 0) is 0 Å². The first kappa shape index (κ1) is 10.0. The molecule has 4 N–H and O–H groups in total. The molecule has 0 fully saturated rings. The van der Waals surface area contributed by atoms with Gasteiger partial charge in [-0.25, -0.2) is 0 Å². The van der Waals surface area contributed by atoms with Gasteiger partial charge >= 0.3 is 0 Å². The van der Waals surface area contributed by atoms with Crippen LogP contribution in [0.25, 0.3) is 11.0 Å². The Morgan fingerprint density at radius 2 is 2.13 bits per heavy atom. The fraction of sp³-hybridized carbons (Fsp3) is 0.100. The van der Waals surface area contributed by atoms with Crippen molar-refractivity contribution in [1.29, 1.82) is 0 Å². The Hall–Kier alpha value is -1.49. The van der Waals surface area contributed by atoms with E-state index in [9.17, 15) is 4.79 Å². The maximum atomic E-state index is 11.0. The van der Waals surface area contributed by atoms with Gasteiger partial charge in [-0.3, -0.25) is 4.79 Å². The van der Waals surface area contributed by atoms with E-state index in [1.165, 1.54) is 0 Å². The van der Waals surface area contributed by atoms with E-state index in [1.807, 2.05) is 13.0 Å². The Morgan fingerprint density at radius 3 is 2.73 bits per heavy atom. The maximum absolute atomic E-state index is 11.0. The molecule has 15 heavy (non-hydrogen) atoms. The zero-order valence-corrected chi connectivity index (χ0v) is 9.59. The number of fused-ring (bicyclic) bond motifs is 1. The molecule has 1 aromatic heterocycles. The number of hydrogen-bond acceptors (Lipinski definition) is 3. The molecular weight excluding hydrogens is 260 g/mol. The molecule has 2 rings (SSSR count). The number of nitrogens with two attached hydrogens (primary N) is 2. The molecule has 0 radical (unpaired) electrons. The number of carbonyl (C=O) groups excluding carboxylic acids is 1. The molecule has 0 aliphatic carbocycles. The second-order valence-electron chi connectivity index (χ2n) is 3.31. The van der Waals surface area contributed by atoms with Crippen molar-refractivity contribution in [1.82, 2.24) is 0 Å². The summed E-state index contributed by atoms with van der Waals surface area (Å²) in [6.07, 6.45) is 0. The lowest BCUT2D eigenvalue weighted by Crippen LogP contribution is -2.11. The molecule has 2 aromatic rings. The number of furan rings is 1. The van der Waals surface area contributed by atoms with Gasteiger partial charge in [0.15, 0.2) is 0 Å². The Labute approximate surface area is 94.3 Å². The molecule has 0 saturated carbocycles. The van der Waals surface area contributed by atoms with Crippen molar-refractivity contribution >= 4 is 38.5 Å². The number of rotatable bonds is 1. The first-order chi connectivity index (χ1) is 7.00. The smallest absolute Gasteiger partial charge is 0.286 e. The summed E-state index contributed by atoms with van der Waals surface area (Å²) >= 11 is 3.35. The molecule has 5 heteroatoms. The lowest BCUT2D eigenvalue weighted by Gasteiger charge is -1.95. The van der Waals surface area contributed by atoms with Crippen LogP contribution < -0.4 is 11.5 Å². The third-order valence-corrected chi connectivity index (χ3v) is 2.66.